The number of nitrogens with one attached hydrogen (secondary N) is 1. The SMILES string of the molecule is Nc1ccc(NC(=O)c2ccc(Cl)cn2)c(Br)c1. The number of pyridine rings is 1. The average Bonchev–Trinajstić information content (AvgIpc) is 2.33. The molecule has 0 fully saturated rings. The Bertz CT molecular complexity index is 586. The molecule has 3 N–H and O–H groups in total. The molecule has 0 aliphatic rings. The molecule has 6 heteroatoms. The highest BCUT2D eigenvalue weighted by Gasteiger charge is 2.09. The molecule has 0 aliphatic heterocycles. The molecule has 0 unspecified atom stereocenters. The summed E-state index contributed by atoms with van der Waals surface area (Å²) >= 11 is 9.03. The number of anilines is 2. The first kappa shape index (κ1) is 12.9. The highest BCUT2D eigenvalue weighted by Crippen LogP contribution is 2.25. The molecule has 18 heavy (non-hydrogen) atoms. The van der Waals surface area contributed by atoms with Crippen molar-refractivity contribution in [1.29, 1.82) is 0 Å². The summed E-state index contributed by atoms with van der Waals surface area (Å²) in [6.45, 7) is 0. The van der Waals surface area contributed by atoms with Crippen molar-refractivity contribution in [3.63, 3.8) is 0 Å². The third kappa shape index (κ3) is 3.00. The molecule has 0 spiro atoms. The Morgan fingerprint density at radius 3 is 2.72 bits per heavy atom. The van der Waals surface area contributed by atoms with Gasteiger partial charge >= 0.3 is 0 Å². The molecule has 1 aromatic carbocycles. The second-order valence-electron chi connectivity index (χ2n) is 3.56. The van der Waals surface area contributed by atoms with Crippen LogP contribution < -0.4 is 11.1 Å². The minimum Gasteiger partial charge on any atom is -0.399 e. The molecule has 0 saturated heterocycles. The first-order valence-electron chi connectivity index (χ1n) is 5.04. The summed E-state index contributed by atoms with van der Waals surface area (Å²) in [5.41, 5.74) is 7.16. The number of amides is 1. The second-order valence-corrected chi connectivity index (χ2v) is 4.85. The lowest BCUT2D eigenvalue weighted by Gasteiger charge is -2.07. The van der Waals surface area contributed by atoms with Gasteiger partial charge in [0, 0.05) is 16.4 Å². The summed E-state index contributed by atoms with van der Waals surface area (Å²) in [4.78, 5) is 15.8. The topological polar surface area (TPSA) is 68.0 Å². The van der Waals surface area contributed by atoms with Crippen molar-refractivity contribution in [2.24, 2.45) is 0 Å². The molecule has 0 saturated carbocycles. The van der Waals surface area contributed by atoms with E-state index in [1.807, 2.05) is 0 Å². The number of nitrogen functional groups attached to an aromatic ring is 1. The van der Waals surface area contributed by atoms with Crippen molar-refractivity contribution in [2.45, 2.75) is 0 Å². The summed E-state index contributed by atoms with van der Waals surface area (Å²) in [6.07, 6.45) is 1.43. The minimum atomic E-state index is -0.308. The molecule has 0 radical (unpaired) electrons. The molecular weight excluding hydrogens is 318 g/mol. The van der Waals surface area contributed by atoms with Crippen LogP contribution in [0.4, 0.5) is 11.4 Å². The largest absolute Gasteiger partial charge is 0.399 e. The van der Waals surface area contributed by atoms with Gasteiger partial charge in [-0.25, -0.2) is 4.98 Å². The summed E-state index contributed by atoms with van der Waals surface area (Å²) in [5.74, 6) is -0.308. The summed E-state index contributed by atoms with van der Waals surface area (Å²) in [5, 5.41) is 3.21. The van der Waals surface area contributed by atoms with Gasteiger partial charge in [0.25, 0.3) is 5.91 Å². The van der Waals surface area contributed by atoms with Crippen molar-refractivity contribution >= 4 is 44.8 Å². The monoisotopic (exact) mass is 325 g/mol. The fraction of sp³-hybridized carbons (Fsp3) is 0. The molecular formula is C12H9BrClN3O. The predicted molar refractivity (Wildman–Crippen MR) is 75.8 cm³/mol. The molecule has 0 aliphatic carbocycles. The first-order valence-corrected chi connectivity index (χ1v) is 6.21. The molecule has 2 rings (SSSR count). The maximum absolute atomic E-state index is 11.9. The zero-order valence-electron chi connectivity index (χ0n) is 9.15. The average molecular weight is 327 g/mol. The quantitative estimate of drug-likeness (QED) is 0.832. The second kappa shape index (κ2) is 5.37. The maximum atomic E-state index is 11.9. The van der Waals surface area contributed by atoms with Crippen LogP contribution in [0.25, 0.3) is 0 Å². The van der Waals surface area contributed by atoms with Crippen molar-refractivity contribution in [3.05, 3.63) is 51.7 Å². The molecule has 0 bridgehead atoms. The molecule has 92 valence electrons. The van der Waals surface area contributed by atoms with E-state index >= 15 is 0 Å². The zero-order valence-corrected chi connectivity index (χ0v) is 11.5. The van der Waals surface area contributed by atoms with Crippen molar-refractivity contribution in [1.82, 2.24) is 4.98 Å². The van der Waals surface area contributed by atoms with Gasteiger partial charge in [-0.3, -0.25) is 4.79 Å². The van der Waals surface area contributed by atoms with Crippen LogP contribution in [0.5, 0.6) is 0 Å². The van der Waals surface area contributed by atoms with Crippen LogP contribution in [0.15, 0.2) is 41.0 Å². The number of carbonyl (C=O) groups excluding carboxylic acids is 1. The van der Waals surface area contributed by atoms with Crippen LogP contribution >= 0.6 is 27.5 Å². The Hall–Kier alpha value is -1.59. The van der Waals surface area contributed by atoms with Crippen LogP contribution in [-0.4, -0.2) is 10.9 Å². The number of halogens is 2. The number of nitrogens with zero attached hydrogens (tertiary/aromatic N) is 1. The lowest BCUT2D eigenvalue weighted by Crippen LogP contribution is -2.13. The predicted octanol–water partition coefficient (Wildman–Crippen LogP) is 3.33. The van der Waals surface area contributed by atoms with Gasteiger partial charge in [0.2, 0.25) is 0 Å². The van der Waals surface area contributed by atoms with E-state index in [1.54, 1.807) is 30.3 Å². The van der Waals surface area contributed by atoms with E-state index in [0.29, 0.717) is 26.6 Å². The number of hydrogen-bond donors (Lipinski definition) is 2. The lowest BCUT2D eigenvalue weighted by molar-refractivity contribution is 0.102. The third-order valence-corrected chi connectivity index (χ3v) is 3.08. The summed E-state index contributed by atoms with van der Waals surface area (Å²) in [6, 6.07) is 8.30. The van der Waals surface area contributed by atoms with Gasteiger partial charge in [0.1, 0.15) is 5.69 Å². The molecule has 4 nitrogen and oxygen atoms in total. The van der Waals surface area contributed by atoms with Crippen molar-refractivity contribution in [3.8, 4) is 0 Å². The summed E-state index contributed by atoms with van der Waals surface area (Å²) < 4.78 is 0.713. The zero-order chi connectivity index (χ0) is 13.1. The minimum absolute atomic E-state index is 0.295. The van der Waals surface area contributed by atoms with Gasteiger partial charge in [-0.05, 0) is 46.3 Å². The smallest absolute Gasteiger partial charge is 0.274 e. The van der Waals surface area contributed by atoms with Gasteiger partial charge in [-0.15, -0.1) is 0 Å². The van der Waals surface area contributed by atoms with E-state index in [1.165, 1.54) is 6.20 Å². The fourth-order valence-electron chi connectivity index (χ4n) is 1.33. The first-order chi connectivity index (χ1) is 8.56. The van der Waals surface area contributed by atoms with Crippen LogP contribution in [0.3, 0.4) is 0 Å². The number of hydrogen-bond acceptors (Lipinski definition) is 3. The molecule has 1 heterocycles. The lowest BCUT2D eigenvalue weighted by atomic mass is 10.2. The van der Waals surface area contributed by atoms with Crippen LogP contribution in [0.2, 0.25) is 5.02 Å². The normalized spacial score (nSPS) is 10.1. The van der Waals surface area contributed by atoms with Crippen LogP contribution in [0, 0.1) is 0 Å². The molecule has 2 aromatic rings. The number of carbonyl (C=O) groups is 1. The van der Waals surface area contributed by atoms with Gasteiger partial charge < -0.3 is 11.1 Å². The van der Waals surface area contributed by atoms with E-state index in [-0.39, 0.29) is 5.91 Å². The Balaban J connectivity index is 2.18. The highest BCUT2D eigenvalue weighted by molar-refractivity contribution is 9.10. The molecule has 1 amide bonds. The maximum Gasteiger partial charge on any atom is 0.274 e. The Morgan fingerprint density at radius 1 is 1.33 bits per heavy atom. The van der Waals surface area contributed by atoms with Crippen molar-refractivity contribution < 1.29 is 4.79 Å². The van der Waals surface area contributed by atoms with E-state index < -0.39 is 0 Å². The van der Waals surface area contributed by atoms with Crippen LogP contribution in [0.1, 0.15) is 10.5 Å². The van der Waals surface area contributed by atoms with Gasteiger partial charge in [-0.1, -0.05) is 11.6 Å². The van der Waals surface area contributed by atoms with Crippen molar-refractivity contribution in [2.75, 3.05) is 11.1 Å². The Morgan fingerprint density at radius 2 is 2.11 bits per heavy atom. The Labute approximate surface area is 117 Å². The van der Waals surface area contributed by atoms with E-state index in [9.17, 15) is 4.79 Å². The summed E-state index contributed by atoms with van der Waals surface area (Å²) in [7, 11) is 0. The van der Waals surface area contributed by atoms with E-state index in [0.717, 1.165) is 0 Å². The fourth-order valence-corrected chi connectivity index (χ4v) is 1.94. The number of benzene rings is 1. The molecule has 0 atom stereocenters. The number of aromatic nitrogens is 1. The van der Waals surface area contributed by atoms with E-state index in [4.69, 9.17) is 17.3 Å². The Kier molecular flexibility index (Phi) is 3.84. The van der Waals surface area contributed by atoms with Gasteiger partial charge in [0.15, 0.2) is 0 Å². The number of nitrogens with two attached hydrogens (primary N) is 1. The molecule has 1 aromatic heterocycles. The van der Waals surface area contributed by atoms with Gasteiger partial charge in [0.05, 0.1) is 10.7 Å². The van der Waals surface area contributed by atoms with Crippen LogP contribution in [-0.2, 0) is 0 Å². The highest BCUT2D eigenvalue weighted by atomic mass is 79.9. The van der Waals surface area contributed by atoms with Gasteiger partial charge in [-0.2, -0.15) is 0 Å². The standard InChI is InChI=1S/C12H9BrClN3O/c13-9-5-8(15)2-4-10(9)17-12(18)11-3-1-7(14)6-16-11/h1-6H,15H2,(H,17,18). The number of rotatable bonds is 2. The van der Waals surface area contributed by atoms with E-state index in [2.05, 4.69) is 26.2 Å². The third-order valence-electron chi connectivity index (χ3n) is 2.20.